The van der Waals surface area contributed by atoms with Gasteiger partial charge in [-0.1, -0.05) is 17.8 Å². The highest BCUT2D eigenvalue weighted by molar-refractivity contribution is 7.99. The molecule has 1 unspecified atom stereocenters. The molecule has 0 radical (unpaired) electrons. The molecule has 1 aliphatic heterocycles. The molecule has 3 heterocycles. The predicted molar refractivity (Wildman–Crippen MR) is 118 cm³/mol. The van der Waals surface area contributed by atoms with Crippen LogP contribution in [-0.4, -0.2) is 26.2 Å². The molecule has 8 heteroatoms. The number of pyridine rings is 1. The van der Waals surface area contributed by atoms with Gasteiger partial charge in [-0.25, -0.2) is 4.98 Å². The predicted octanol–water partition coefficient (Wildman–Crippen LogP) is 2.87. The number of anilines is 1. The zero-order valence-corrected chi connectivity index (χ0v) is 17.7. The number of amides is 1. The molecule has 0 saturated carbocycles. The lowest BCUT2D eigenvalue weighted by atomic mass is 10.1. The van der Waals surface area contributed by atoms with E-state index in [1.807, 2.05) is 19.1 Å². The van der Waals surface area contributed by atoms with Crippen molar-refractivity contribution in [2.24, 2.45) is 0 Å². The number of fused-ring (bicyclic) bond motifs is 3. The molecule has 0 fully saturated rings. The van der Waals surface area contributed by atoms with E-state index in [4.69, 9.17) is 0 Å². The number of rotatable bonds is 3. The number of nitrogens with zero attached hydrogens (tertiary/aromatic N) is 2. The molecule has 0 bridgehead atoms. The number of H-pyrrole nitrogens is 1. The number of benzene rings is 1. The van der Waals surface area contributed by atoms with Crippen molar-refractivity contribution in [2.75, 3.05) is 11.1 Å². The Bertz CT molecular complexity index is 1320. The molecule has 1 aromatic carbocycles. The van der Waals surface area contributed by atoms with Gasteiger partial charge in [0, 0.05) is 34.4 Å². The maximum Gasteiger partial charge on any atom is 0.257 e. The Morgan fingerprint density at radius 2 is 2.10 bits per heavy atom. The fourth-order valence-electron chi connectivity index (χ4n) is 4.37. The van der Waals surface area contributed by atoms with E-state index < -0.39 is 0 Å². The van der Waals surface area contributed by atoms with Gasteiger partial charge in [-0.05, 0) is 50.8 Å². The lowest BCUT2D eigenvalue weighted by Gasteiger charge is -2.15. The Kier molecular flexibility index (Phi) is 4.54. The second-order valence-electron chi connectivity index (χ2n) is 8.03. The molecule has 154 valence electrons. The van der Waals surface area contributed by atoms with Crippen LogP contribution in [0.4, 0.5) is 5.69 Å². The van der Waals surface area contributed by atoms with Gasteiger partial charge < -0.3 is 10.3 Å². The largest absolute Gasteiger partial charge is 0.326 e. The highest BCUT2D eigenvalue weighted by Crippen LogP contribution is 2.34. The summed E-state index contributed by atoms with van der Waals surface area (Å²) in [5.41, 5.74) is 4.59. The Hall–Kier alpha value is -2.87. The van der Waals surface area contributed by atoms with E-state index in [0.29, 0.717) is 22.5 Å². The van der Waals surface area contributed by atoms with Crippen LogP contribution in [0.3, 0.4) is 0 Å². The third-order valence-electron chi connectivity index (χ3n) is 6.15. The van der Waals surface area contributed by atoms with Crippen LogP contribution in [0.2, 0.25) is 0 Å². The van der Waals surface area contributed by atoms with Crippen molar-refractivity contribution in [3.05, 3.63) is 61.3 Å². The van der Waals surface area contributed by atoms with Gasteiger partial charge >= 0.3 is 0 Å². The number of carbonyl (C=O) groups is 1. The number of thioether (sulfide) groups is 1. The van der Waals surface area contributed by atoms with E-state index in [9.17, 15) is 14.4 Å². The second kappa shape index (κ2) is 7.12. The summed E-state index contributed by atoms with van der Waals surface area (Å²) in [6.45, 7) is 3.72. The van der Waals surface area contributed by atoms with Gasteiger partial charge in [-0.15, -0.1) is 0 Å². The zero-order chi connectivity index (χ0) is 21.0. The van der Waals surface area contributed by atoms with E-state index in [1.165, 1.54) is 0 Å². The van der Waals surface area contributed by atoms with Crippen LogP contribution in [-0.2, 0) is 17.6 Å². The fourth-order valence-corrected chi connectivity index (χ4v) is 5.52. The van der Waals surface area contributed by atoms with Crippen molar-refractivity contribution in [3.63, 3.8) is 0 Å². The zero-order valence-electron chi connectivity index (χ0n) is 16.9. The van der Waals surface area contributed by atoms with Crippen molar-refractivity contribution in [2.45, 2.75) is 50.7 Å². The minimum atomic E-state index is -0.193. The number of aryl methyl sites for hydroxylation is 2. The second-order valence-corrected chi connectivity index (χ2v) is 9.02. The Labute approximate surface area is 176 Å². The molecule has 1 atom stereocenters. The van der Waals surface area contributed by atoms with Crippen LogP contribution in [0, 0.1) is 13.8 Å². The van der Waals surface area contributed by atoms with Crippen LogP contribution in [0.1, 0.15) is 41.3 Å². The number of hydrogen-bond acceptors (Lipinski definition) is 5. The molecule has 7 nitrogen and oxygen atoms in total. The Morgan fingerprint density at radius 1 is 1.27 bits per heavy atom. The molecule has 1 amide bonds. The summed E-state index contributed by atoms with van der Waals surface area (Å²) in [5.74, 6) is 0.508. The summed E-state index contributed by atoms with van der Waals surface area (Å²) >= 11 is 1.54. The van der Waals surface area contributed by atoms with E-state index in [0.717, 1.165) is 46.6 Å². The van der Waals surface area contributed by atoms with Crippen LogP contribution in [0.25, 0.3) is 10.9 Å². The minimum absolute atomic E-state index is 0.0180. The number of carbonyl (C=O) groups excluding carboxylic acids is 1. The monoisotopic (exact) mass is 422 g/mol. The minimum Gasteiger partial charge on any atom is -0.326 e. The number of aromatic amines is 1. The molecular weight excluding hydrogens is 400 g/mol. The smallest absolute Gasteiger partial charge is 0.257 e. The molecular formula is C22H22N4O3S. The first-order valence-electron chi connectivity index (χ1n) is 10.1. The van der Waals surface area contributed by atoms with Gasteiger partial charge in [-0.3, -0.25) is 19.0 Å². The molecule has 2 N–H and O–H groups in total. The molecule has 30 heavy (non-hydrogen) atoms. The first-order valence-corrected chi connectivity index (χ1v) is 11.1. The lowest BCUT2D eigenvalue weighted by Crippen LogP contribution is -2.30. The highest BCUT2D eigenvalue weighted by Gasteiger charge is 2.31. The van der Waals surface area contributed by atoms with Crippen LogP contribution in [0.15, 0.2) is 32.9 Å². The van der Waals surface area contributed by atoms with E-state index in [-0.39, 0.29) is 29.5 Å². The lowest BCUT2D eigenvalue weighted by molar-refractivity contribution is -0.116. The summed E-state index contributed by atoms with van der Waals surface area (Å²) in [5, 5.41) is 4.60. The van der Waals surface area contributed by atoms with Gasteiger partial charge in [0.15, 0.2) is 5.16 Å². The van der Waals surface area contributed by atoms with Crippen LogP contribution < -0.4 is 16.4 Å². The standard InChI is InChI=1S/C22H22N4O3S/c1-11-12(2)20(28)24-18-8-13(6-7-15(11)18)23-19(27)9-14-10-30-22-25-17-5-3-4-16(17)21(29)26(14)22/h6-8,14H,3-5,9-10H2,1-2H3,(H,23,27)(H,24,28). The van der Waals surface area contributed by atoms with Gasteiger partial charge in [-0.2, -0.15) is 0 Å². The Morgan fingerprint density at radius 3 is 2.93 bits per heavy atom. The van der Waals surface area contributed by atoms with E-state index >= 15 is 0 Å². The van der Waals surface area contributed by atoms with Gasteiger partial charge in [0.1, 0.15) is 0 Å². The van der Waals surface area contributed by atoms with Crippen LogP contribution in [0.5, 0.6) is 0 Å². The summed E-state index contributed by atoms with van der Waals surface area (Å²) < 4.78 is 1.71. The van der Waals surface area contributed by atoms with E-state index in [2.05, 4.69) is 15.3 Å². The number of hydrogen-bond donors (Lipinski definition) is 2. The molecule has 0 saturated heterocycles. The van der Waals surface area contributed by atoms with E-state index in [1.54, 1.807) is 29.3 Å². The van der Waals surface area contributed by atoms with Crippen LogP contribution >= 0.6 is 11.8 Å². The third kappa shape index (κ3) is 3.06. The third-order valence-corrected chi connectivity index (χ3v) is 7.25. The van der Waals surface area contributed by atoms with Gasteiger partial charge in [0.05, 0.1) is 17.3 Å². The summed E-state index contributed by atoms with van der Waals surface area (Å²) in [6, 6.07) is 5.32. The van der Waals surface area contributed by atoms with Crippen molar-refractivity contribution < 1.29 is 4.79 Å². The van der Waals surface area contributed by atoms with Gasteiger partial charge in [0.25, 0.3) is 11.1 Å². The first kappa shape index (κ1) is 19.1. The summed E-state index contributed by atoms with van der Waals surface area (Å²) in [4.78, 5) is 45.2. The Balaban J connectivity index is 1.38. The van der Waals surface area contributed by atoms with Crippen molar-refractivity contribution >= 4 is 34.3 Å². The van der Waals surface area contributed by atoms with Crippen molar-refractivity contribution in [1.82, 2.24) is 14.5 Å². The van der Waals surface area contributed by atoms with Crippen molar-refractivity contribution in [3.8, 4) is 0 Å². The maximum atomic E-state index is 12.9. The average molecular weight is 423 g/mol. The molecule has 2 aliphatic rings. The van der Waals surface area contributed by atoms with Gasteiger partial charge in [0.2, 0.25) is 5.91 Å². The molecule has 0 spiro atoms. The molecule has 1 aliphatic carbocycles. The number of aromatic nitrogens is 3. The molecule has 2 aromatic heterocycles. The average Bonchev–Trinajstić information content (AvgIpc) is 3.34. The SMILES string of the molecule is Cc1c(C)c2ccc(NC(=O)CC3CSc4nc5c(c(=O)n43)CCC5)cc2[nH]c1=O. The summed E-state index contributed by atoms with van der Waals surface area (Å²) in [7, 11) is 0. The fraction of sp³-hybridized carbons (Fsp3) is 0.364. The first-order chi connectivity index (χ1) is 14.4. The molecule has 3 aromatic rings. The normalized spacial score (nSPS) is 17.2. The topological polar surface area (TPSA) is 96.8 Å². The number of nitrogens with one attached hydrogen (secondary N) is 2. The molecule has 5 rings (SSSR count). The van der Waals surface area contributed by atoms with Crippen molar-refractivity contribution in [1.29, 1.82) is 0 Å². The maximum absolute atomic E-state index is 12.9. The summed E-state index contributed by atoms with van der Waals surface area (Å²) in [6.07, 6.45) is 2.83. The quantitative estimate of drug-likeness (QED) is 0.633. The highest BCUT2D eigenvalue weighted by atomic mass is 32.2.